The molecule has 0 unspecified atom stereocenters. The van der Waals surface area contributed by atoms with Gasteiger partial charge in [0.25, 0.3) is 0 Å². The monoisotopic (exact) mass is 495 g/mol. The molecule has 1 aromatic carbocycles. The predicted molar refractivity (Wildman–Crippen MR) is 125 cm³/mol. The van der Waals surface area contributed by atoms with E-state index >= 15 is 4.39 Å². The first kappa shape index (κ1) is 24.4. The topological polar surface area (TPSA) is 131 Å². The Bertz CT molecular complexity index is 1260. The number of nitrogens with zero attached hydrogens (tertiary/aromatic N) is 4. The molecule has 0 aliphatic carbocycles. The van der Waals surface area contributed by atoms with Crippen molar-refractivity contribution in [2.24, 2.45) is 0 Å². The lowest BCUT2D eigenvalue weighted by Crippen LogP contribution is -2.21. The Balaban J connectivity index is 2.10. The lowest BCUT2D eigenvalue weighted by molar-refractivity contribution is -0.109. The van der Waals surface area contributed by atoms with Crippen LogP contribution in [-0.2, 0) is 14.8 Å². The van der Waals surface area contributed by atoms with Crippen molar-refractivity contribution in [3.63, 3.8) is 0 Å². The molecule has 1 amide bonds. The molecule has 176 valence electrons. The number of carbonyl (C=O) groups is 1. The fourth-order valence-corrected chi connectivity index (χ4v) is 3.74. The summed E-state index contributed by atoms with van der Waals surface area (Å²) in [5.74, 6) is -0.498. The van der Waals surface area contributed by atoms with Crippen LogP contribution in [0.2, 0.25) is 5.02 Å². The summed E-state index contributed by atoms with van der Waals surface area (Å²) >= 11 is 6.17. The third kappa shape index (κ3) is 6.17. The van der Waals surface area contributed by atoms with Gasteiger partial charge in [0.05, 0.1) is 17.6 Å². The number of sulfonamides is 1. The molecular weight excluding hydrogens is 473 g/mol. The summed E-state index contributed by atoms with van der Waals surface area (Å²) in [5.41, 5.74) is 0.957. The molecule has 10 nitrogen and oxygen atoms in total. The number of amides is 1. The Morgan fingerprint density at radius 1 is 1.24 bits per heavy atom. The van der Waals surface area contributed by atoms with E-state index in [1.807, 2.05) is 13.8 Å². The number of hydrogen-bond donors (Lipinski definition) is 3. The summed E-state index contributed by atoms with van der Waals surface area (Å²) in [7, 11) is -3.73. The van der Waals surface area contributed by atoms with E-state index in [0.29, 0.717) is 36.7 Å². The molecule has 2 aromatic heterocycles. The number of halogens is 2. The third-order valence-corrected chi connectivity index (χ3v) is 5.23. The second-order valence-electron chi connectivity index (χ2n) is 7.42. The van der Waals surface area contributed by atoms with E-state index in [1.165, 1.54) is 12.1 Å². The molecule has 0 fully saturated rings. The highest BCUT2D eigenvalue weighted by Gasteiger charge is 2.22. The van der Waals surface area contributed by atoms with Crippen LogP contribution in [0.4, 0.5) is 16.0 Å². The molecule has 3 rings (SSSR count). The minimum absolute atomic E-state index is 0.0198. The van der Waals surface area contributed by atoms with Crippen molar-refractivity contribution in [1.29, 1.82) is 0 Å². The molecule has 3 aromatic rings. The first-order chi connectivity index (χ1) is 15.6. The molecule has 13 heteroatoms. The molecule has 3 N–H and O–H groups in total. The quantitative estimate of drug-likeness (QED) is 0.291. The van der Waals surface area contributed by atoms with Gasteiger partial charge in [-0.25, -0.2) is 22.8 Å². The second-order valence-corrected chi connectivity index (χ2v) is 9.60. The summed E-state index contributed by atoms with van der Waals surface area (Å²) in [6, 6.07) is 4.19. The molecule has 33 heavy (non-hydrogen) atoms. The maximum absolute atomic E-state index is 15.4. The van der Waals surface area contributed by atoms with Crippen LogP contribution < -0.4 is 15.4 Å². The molecule has 0 radical (unpaired) electrons. The van der Waals surface area contributed by atoms with Crippen LogP contribution in [-0.4, -0.2) is 53.9 Å². The number of anilines is 2. The minimum Gasteiger partial charge on any atom is -0.357 e. The summed E-state index contributed by atoms with van der Waals surface area (Å²) in [6.45, 7) is 4.62. The van der Waals surface area contributed by atoms with Gasteiger partial charge in [0.1, 0.15) is 5.69 Å². The van der Waals surface area contributed by atoms with Crippen molar-refractivity contribution >= 4 is 39.7 Å². The van der Waals surface area contributed by atoms with E-state index in [2.05, 4.69) is 30.4 Å². The lowest BCUT2D eigenvalue weighted by atomic mass is 10.0. The van der Waals surface area contributed by atoms with Crippen LogP contribution in [0.25, 0.3) is 22.5 Å². The Labute approximate surface area is 195 Å². The maximum Gasteiger partial charge on any atom is 0.229 e. The van der Waals surface area contributed by atoms with Gasteiger partial charge < -0.3 is 10.6 Å². The van der Waals surface area contributed by atoms with E-state index < -0.39 is 15.8 Å². The van der Waals surface area contributed by atoms with Crippen molar-refractivity contribution in [3.8, 4) is 22.5 Å². The smallest absolute Gasteiger partial charge is 0.229 e. The molecule has 0 atom stereocenters. The van der Waals surface area contributed by atoms with Gasteiger partial charge in [-0.05, 0) is 32.0 Å². The fourth-order valence-electron chi connectivity index (χ4n) is 2.98. The number of benzene rings is 1. The summed E-state index contributed by atoms with van der Waals surface area (Å²) < 4.78 is 42.5. The molecule has 0 bridgehead atoms. The Hall–Kier alpha value is -3.25. The van der Waals surface area contributed by atoms with E-state index in [-0.39, 0.29) is 28.0 Å². The highest BCUT2D eigenvalue weighted by molar-refractivity contribution is 7.92. The normalized spacial score (nSPS) is 11.5. The maximum atomic E-state index is 15.4. The van der Waals surface area contributed by atoms with Gasteiger partial charge in [-0.15, -0.1) is 0 Å². The molecule has 0 saturated heterocycles. The molecular formula is C20H23ClFN7O3S. The summed E-state index contributed by atoms with van der Waals surface area (Å²) in [4.78, 5) is 19.0. The van der Waals surface area contributed by atoms with Gasteiger partial charge >= 0.3 is 0 Å². The minimum atomic E-state index is -3.73. The number of rotatable bonds is 10. The van der Waals surface area contributed by atoms with Crippen molar-refractivity contribution in [1.82, 2.24) is 25.1 Å². The van der Waals surface area contributed by atoms with Gasteiger partial charge in [0, 0.05) is 47.7 Å². The van der Waals surface area contributed by atoms with Crippen LogP contribution in [0.3, 0.4) is 0 Å². The molecule has 0 spiro atoms. The van der Waals surface area contributed by atoms with E-state index in [9.17, 15) is 13.2 Å². The van der Waals surface area contributed by atoms with Crippen molar-refractivity contribution in [2.75, 3.05) is 29.4 Å². The Morgan fingerprint density at radius 2 is 2.00 bits per heavy atom. The molecule has 2 heterocycles. The number of nitrogens with one attached hydrogen (secondary N) is 3. The van der Waals surface area contributed by atoms with Crippen molar-refractivity contribution in [2.45, 2.75) is 19.9 Å². The average Bonchev–Trinajstić information content (AvgIpc) is 3.18. The number of aromatic nitrogens is 4. The van der Waals surface area contributed by atoms with Crippen LogP contribution in [0.5, 0.6) is 0 Å². The van der Waals surface area contributed by atoms with E-state index in [0.717, 1.165) is 6.26 Å². The van der Waals surface area contributed by atoms with Gasteiger partial charge in [-0.1, -0.05) is 11.6 Å². The Morgan fingerprint density at radius 3 is 2.67 bits per heavy atom. The molecule has 0 aliphatic heterocycles. The highest BCUT2D eigenvalue weighted by atomic mass is 35.5. The van der Waals surface area contributed by atoms with Crippen LogP contribution in [0, 0.1) is 5.82 Å². The van der Waals surface area contributed by atoms with Gasteiger partial charge in [0.2, 0.25) is 22.4 Å². The van der Waals surface area contributed by atoms with Gasteiger partial charge in [-0.2, -0.15) is 5.10 Å². The van der Waals surface area contributed by atoms with Crippen LogP contribution >= 0.6 is 11.6 Å². The zero-order valence-corrected chi connectivity index (χ0v) is 19.7. The average molecular weight is 496 g/mol. The third-order valence-electron chi connectivity index (χ3n) is 4.42. The van der Waals surface area contributed by atoms with E-state index in [1.54, 1.807) is 23.1 Å². The lowest BCUT2D eigenvalue weighted by Gasteiger charge is -2.11. The number of hydrogen-bond acceptors (Lipinski definition) is 7. The fraction of sp³-hybridized carbons (Fsp3) is 0.300. The SMILES string of the molecule is CC(C)n1cc(-c2ccnc(NCCNC=O)n2)c(-c2cc(Cl)cc(NS(C)(=O)=O)c2F)n1. The first-order valence-corrected chi connectivity index (χ1v) is 12.2. The zero-order valence-electron chi connectivity index (χ0n) is 18.1. The van der Waals surface area contributed by atoms with Gasteiger partial charge in [0.15, 0.2) is 5.82 Å². The van der Waals surface area contributed by atoms with Gasteiger partial charge in [-0.3, -0.25) is 14.2 Å². The zero-order chi connectivity index (χ0) is 24.2. The van der Waals surface area contributed by atoms with Crippen LogP contribution in [0.15, 0.2) is 30.6 Å². The van der Waals surface area contributed by atoms with Crippen LogP contribution in [0.1, 0.15) is 19.9 Å². The van der Waals surface area contributed by atoms with Crippen molar-refractivity contribution in [3.05, 3.63) is 41.4 Å². The van der Waals surface area contributed by atoms with Crippen molar-refractivity contribution < 1.29 is 17.6 Å². The highest BCUT2D eigenvalue weighted by Crippen LogP contribution is 2.37. The predicted octanol–water partition coefficient (Wildman–Crippen LogP) is 2.91. The standard InChI is InChI=1S/C20H23ClFN7O3S/c1-12(2)29-10-15(16-4-5-24-20(26-16)25-7-6-23-11-30)19(27-29)14-8-13(21)9-17(18(14)22)28-33(3,31)32/h4-5,8-12,28H,6-7H2,1-3H3,(H,23,30)(H,24,25,26). The Kier molecular flexibility index (Phi) is 7.49. The number of carbonyl (C=O) groups excluding carboxylic acids is 1. The largest absolute Gasteiger partial charge is 0.357 e. The molecule has 0 aliphatic rings. The summed E-state index contributed by atoms with van der Waals surface area (Å²) in [6.07, 6.45) is 4.79. The first-order valence-electron chi connectivity index (χ1n) is 9.89. The van der Waals surface area contributed by atoms with E-state index in [4.69, 9.17) is 11.6 Å². The molecule has 0 saturated carbocycles. The second kappa shape index (κ2) is 10.1. The summed E-state index contributed by atoms with van der Waals surface area (Å²) in [5, 5.41) is 10.2.